The number of anilines is 1. The minimum atomic E-state index is -3.97. The van der Waals surface area contributed by atoms with Gasteiger partial charge in [-0.05, 0) is 18.2 Å². The number of hydrogen-bond acceptors (Lipinski definition) is 8. The van der Waals surface area contributed by atoms with Gasteiger partial charge in [-0.3, -0.25) is 15.0 Å². The Kier molecular flexibility index (Phi) is 5.43. The highest BCUT2D eigenvalue weighted by Crippen LogP contribution is 2.32. The summed E-state index contributed by atoms with van der Waals surface area (Å²) in [6.45, 7) is 0.289. The third-order valence-corrected chi connectivity index (χ3v) is 5.91. The van der Waals surface area contributed by atoms with Crippen molar-refractivity contribution in [1.29, 1.82) is 0 Å². The van der Waals surface area contributed by atoms with E-state index in [1.54, 1.807) is 53.6 Å². The highest BCUT2D eigenvalue weighted by atomic mass is 32.2. The zero-order valence-electron chi connectivity index (χ0n) is 17.5. The highest BCUT2D eigenvalue weighted by Gasteiger charge is 2.18. The summed E-state index contributed by atoms with van der Waals surface area (Å²) in [5, 5.41) is 13.0. The van der Waals surface area contributed by atoms with Crippen LogP contribution in [0.25, 0.3) is 28.0 Å². The topological polar surface area (TPSA) is 141 Å². The summed E-state index contributed by atoms with van der Waals surface area (Å²) in [5.41, 5.74) is 2.52. The van der Waals surface area contributed by atoms with Crippen LogP contribution in [0.15, 0.2) is 78.5 Å². The van der Waals surface area contributed by atoms with Crippen molar-refractivity contribution in [3.63, 3.8) is 0 Å². The Bertz CT molecular complexity index is 1610. The molecular formula is C22H17FN8O2S. The fourth-order valence-electron chi connectivity index (χ4n) is 3.46. The zero-order chi connectivity index (χ0) is 23.7. The molecular weight excluding hydrogens is 459 g/mol. The lowest BCUT2D eigenvalue weighted by molar-refractivity contribution is 0.597. The summed E-state index contributed by atoms with van der Waals surface area (Å²) >= 11 is 0. The third-order valence-electron chi connectivity index (χ3n) is 5.03. The van der Waals surface area contributed by atoms with Gasteiger partial charge in [-0.25, -0.2) is 27.4 Å². The van der Waals surface area contributed by atoms with Crippen molar-refractivity contribution >= 4 is 21.4 Å². The molecule has 0 spiro atoms. The van der Waals surface area contributed by atoms with E-state index in [0.717, 1.165) is 6.20 Å². The lowest BCUT2D eigenvalue weighted by Crippen LogP contribution is -2.13. The number of pyridine rings is 1. The summed E-state index contributed by atoms with van der Waals surface area (Å²) in [7, 11) is -3.97. The summed E-state index contributed by atoms with van der Waals surface area (Å²) in [4.78, 5) is 16.7. The van der Waals surface area contributed by atoms with Gasteiger partial charge in [0.25, 0.3) is 0 Å². The molecule has 0 saturated heterocycles. The number of primary sulfonamides is 1. The lowest BCUT2D eigenvalue weighted by atomic mass is 10.1. The predicted molar refractivity (Wildman–Crippen MR) is 122 cm³/mol. The Labute approximate surface area is 193 Å². The number of sulfonamides is 1. The molecule has 5 rings (SSSR count). The number of fused-ring (bicyclic) bond motifs is 1. The summed E-state index contributed by atoms with van der Waals surface area (Å²) in [6.07, 6.45) is 9.01. The molecule has 0 aliphatic rings. The van der Waals surface area contributed by atoms with E-state index in [-0.39, 0.29) is 23.1 Å². The van der Waals surface area contributed by atoms with Gasteiger partial charge in [0.05, 0.1) is 18.4 Å². The average molecular weight is 476 g/mol. The normalized spacial score (nSPS) is 11.6. The number of hydrogen-bond donors (Lipinski definition) is 2. The number of benzene rings is 1. The van der Waals surface area contributed by atoms with Crippen LogP contribution in [0.4, 0.5) is 10.2 Å². The number of nitrogens with zero attached hydrogens (tertiary/aromatic N) is 6. The summed E-state index contributed by atoms with van der Waals surface area (Å²) < 4.78 is 39.7. The van der Waals surface area contributed by atoms with Gasteiger partial charge in [0, 0.05) is 47.7 Å². The number of nitrogens with one attached hydrogen (secondary N) is 1. The van der Waals surface area contributed by atoms with Gasteiger partial charge in [-0.2, -0.15) is 0 Å². The van der Waals surface area contributed by atoms with E-state index >= 15 is 0 Å². The quantitative estimate of drug-likeness (QED) is 0.381. The van der Waals surface area contributed by atoms with Crippen LogP contribution in [0.5, 0.6) is 0 Å². The van der Waals surface area contributed by atoms with Crippen molar-refractivity contribution < 1.29 is 12.8 Å². The Balaban J connectivity index is 1.67. The first-order valence-corrected chi connectivity index (χ1v) is 11.6. The smallest absolute Gasteiger partial charge is 0.239 e. The average Bonchev–Trinajstić information content (AvgIpc) is 3.27. The van der Waals surface area contributed by atoms with Gasteiger partial charge in [0.15, 0.2) is 11.6 Å². The van der Waals surface area contributed by atoms with Crippen molar-refractivity contribution in [2.24, 2.45) is 5.14 Å². The number of aromatic nitrogens is 6. The van der Waals surface area contributed by atoms with Gasteiger partial charge < -0.3 is 5.32 Å². The van der Waals surface area contributed by atoms with Crippen LogP contribution < -0.4 is 10.5 Å². The van der Waals surface area contributed by atoms with E-state index in [1.165, 1.54) is 18.3 Å². The van der Waals surface area contributed by atoms with Crippen molar-refractivity contribution in [3.05, 3.63) is 85.1 Å². The third kappa shape index (κ3) is 4.19. The van der Waals surface area contributed by atoms with E-state index in [2.05, 4.69) is 30.4 Å². The van der Waals surface area contributed by atoms with Crippen LogP contribution >= 0.6 is 0 Å². The molecule has 170 valence electrons. The monoisotopic (exact) mass is 476 g/mol. The molecule has 4 heterocycles. The second-order valence-corrected chi connectivity index (χ2v) is 8.85. The number of halogens is 1. The van der Waals surface area contributed by atoms with Crippen molar-refractivity contribution in [1.82, 2.24) is 29.5 Å². The van der Waals surface area contributed by atoms with Crippen LogP contribution in [0.3, 0.4) is 0 Å². The zero-order valence-corrected chi connectivity index (χ0v) is 18.3. The van der Waals surface area contributed by atoms with Gasteiger partial charge in [0.2, 0.25) is 10.0 Å². The van der Waals surface area contributed by atoms with Gasteiger partial charge in [-0.15, -0.1) is 5.10 Å². The molecule has 3 N–H and O–H groups in total. The van der Waals surface area contributed by atoms with Gasteiger partial charge in [0.1, 0.15) is 16.2 Å². The maximum atomic E-state index is 14.6. The van der Waals surface area contributed by atoms with Crippen LogP contribution in [0.1, 0.15) is 5.69 Å². The van der Waals surface area contributed by atoms with Crippen molar-refractivity contribution in [3.8, 4) is 22.5 Å². The molecule has 0 amide bonds. The number of nitrogens with two attached hydrogens (primary N) is 1. The maximum absolute atomic E-state index is 14.6. The highest BCUT2D eigenvalue weighted by molar-refractivity contribution is 7.89. The van der Waals surface area contributed by atoms with Crippen molar-refractivity contribution in [2.45, 2.75) is 11.4 Å². The van der Waals surface area contributed by atoms with E-state index in [0.29, 0.717) is 33.7 Å². The van der Waals surface area contributed by atoms with Gasteiger partial charge >= 0.3 is 0 Å². The minimum absolute atomic E-state index is 0.165. The molecule has 0 bridgehead atoms. The SMILES string of the molecule is NS(=O)(=O)c1cncc(-c2nc(NCc3cnccn3)c3c(-c4ccccc4F)ccn3n2)c1. The first-order valence-electron chi connectivity index (χ1n) is 10.0. The maximum Gasteiger partial charge on any atom is 0.239 e. The van der Waals surface area contributed by atoms with Crippen LogP contribution in [-0.4, -0.2) is 38.0 Å². The standard InChI is InChI=1S/C22H17FN8O2S/c23-19-4-2-1-3-17(19)18-5-8-31-20(18)22(28-12-15-11-25-6-7-27-15)29-21(30-31)14-9-16(13-26-10-14)34(24,32)33/h1-11,13H,12H2,(H2,24,32,33)(H,28,29,30). The Morgan fingerprint density at radius 1 is 1.03 bits per heavy atom. The van der Waals surface area contributed by atoms with Crippen molar-refractivity contribution in [2.75, 3.05) is 5.32 Å². The van der Waals surface area contributed by atoms with Crippen LogP contribution in [-0.2, 0) is 16.6 Å². The second-order valence-electron chi connectivity index (χ2n) is 7.29. The van der Waals surface area contributed by atoms with E-state index in [4.69, 9.17) is 5.14 Å². The molecule has 12 heteroatoms. The molecule has 0 saturated carbocycles. The lowest BCUT2D eigenvalue weighted by Gasteiger charge is -2.12. The second kappa shape index (κ2) is 8.57. The van der Waals surface area contributed by atoms with Crippen LogP contribution in [0.2, 0.25) is 0 Å². The molecule has 0 fully saturated rings. The minimum Gasteiger partial charge on any atom is -0.362 e. The fraction of sp³-hybridized carbons (Fsp3) is 0.0455. The molecule has 34 heavy (non-hydrogen) atoms. The molecule has 4 aromatic heterocycles. The van der Waals surface area contributed by atoms with E-state index < -0.39 is 10.0 Å². The molecule has 10 nitrogen and oxygen atoms in total. The van der Waals surface area contributed by atoms with E-state index in [9.17, 15) is 12.8 Å². The van der Waals surface area contributed by atoms with Crippen LogP contribution in [0, 0.1) is 5.82 Å². The first-order chi connectivity index (χ1) is 16.4. The molecule has 5 aromatic rings. The first kappa shape index (κ1) is 21.6. The number of rotatable bonds is 6. The van der Waals surface area contributed by atoms with E-state index in [1.807, 2.05) is 0 Å². The Morgan fingerprint density at radius 3 is 2.65 bits per heavy atom. The molecule has 0 radical (unpaired) electrons. The van der Waals surface area contributed by atoms with Gasteiger partial charge in [-0.1, -0.05) is 18.2 Å². The molecule has 0 aliphatic heterocycles. The molecule has 1 aromatic carbocycles. The molecule has 0 aliphatic carbocycles. The Hall–Kier alpha value is -4.29. The largest absolute Gasteiger partial charge is 0.362 e. The predicted octanol–water partition coefficient (Wildman–Crippen LogP) is 2.65. The molecule has 0 atom stereocenters. The summed E-state index contributed by atoms with van der Waals surface area (Å²) in [6, 6.07) is 9.49. The Morgan fingerprint density at radius 2 is 1.88 bits per heavy atom. The fourth-order valence-corrected chi connectivity index (χ4v) is 3.96. The molecule has 0 unspecified atom stereocenters. The summed E-state index contributed by atoms with van der Waals surface area (Å²) in [5.74, 6) is 0.201.